The first kappa shape index (κ1) is 21.8. The van der Waals surface area contributed by atoms with E-state index in [-0.39, 0.29) is 5.57 Å². The molecule has 6 nitrogen and oxygen atoms in total. The van der Waals surface area contributed by atoms with Crippen LogP contribution in [0.5, 0.6) is 5.75 Å². The van der Waals surface area contributed by atoms with Gasteiger partial charge in [0.25, 0.3) is 5.78 Å². The number of fused-ring (bicyclic) bond motifs is 1. The van der Waals surface area contributed by atoms with Gasteiger partial charge in [0.15, 0.2) is 0 Å². The van der Waals surface area contributed by atoms with Crippen molar-refractivity contribution in [1.82, 2.24) is 4.57 Å². The van der Waals surface area contributed by atoms with Crippen molar-refractivity contribution in [1.29, 1.82) is 0 Å². The highest BCUT2D eigenvalue weighted by atomic mass is 16.5. The average molecular weight is 439 g/mol. The van der Waals surface area contributed by atoms with Crippen LogP contribution in [0.2, 0.25) is 0 Å². The Morgan fingerprint density at radius 1 is 0.818 bits per heavy atom. The van der Waals surface area contributed by atoms with E-state index in [2.05, 4.69) is 0 Å². The molecule has 0 saturated carbocycles. The van der Waals surface area contributed by atoms with Crippen molar-refractivity contribution in [3.8, 4) is 17.0 Å². The Kier molecular flexibility index (Phi) is 6.17. The van der Waals surface area contributed by atoms with Crippen molar-refractivity contribution >= 4 is 34.6 Å². The molecule has 4 aromatic rings. The SMILES string of the molecule is COC(=O)/C(=C\c1ccc(OC)cc1)C(=O)C(=O)n1c(-c2ccccc2)cc2ccccc21. The van der Waals surface area contributed by atoms with Crippen LogP contribution in [0.25, 0.3) is 28.2 Å². The quantitative estimate of drug-likeness (QED) is 0.142. The summed E-state index contributed by atoms with van der Waals surface area (Å²) >= 11 is 0. The van der Waals surface area contributed by atoms with Crippen LogP contribution in [0.3, 0.4) is 0 Å². The summed E-state index contributed by atoms with van der Waals surface area (Å²) < 4.78 is 11.3. The number of Topliss-reactive ketones (excluding diaryl/α,β-unsaturated/α-hetero) is 1. The van der Waals surface area contributed by atoms with Crippen molar-refractivity contribution in [3.05, 3.63) is 96.1 Å². The number of methoxy groups -OCH3 is 2. The molecule has 0 bridgehead atoms. The molecule has 1 aromatic heterocycles. The first-order valence-electron chi connectivity index (χ1n) is 10.2. The number of ether oxygens (including phenoxy) is 2. The predicted molar refractivity (Wildman–Crippen MR) is 126 cm³/mol. The van der Waals surface area contributed by atoms with E-state index in [4.69, 9.17) is 9.47 Å². The number of aromatic nitrogens is 1. The molecule has 0 atom stereocenters. The molecule has 0 fully saturated rings. The van der Waals surface area contributed by atoms with Gasteiger partial charge in [-0.25, -0.2) is 4.79 Å². The van der Waals surface area contributed by atoms with E-state index in [1.165, 1.54) is 17.8 Å². The molecular formula is C27H21NO5. The van der Waals surface area contributed by atoms with Crippen LogP contribution >= 0.6 is 0 Å². The highest BCUT2D eigenvalue weighted by Crippen LogP contribution is 2.29. The molecule has 33 heavy (non-hydrogen) atoms. The third kappa shape index (κ3) is 4.32. The summed E-state index contributed by atoms with van der Waals surface area (Å²) in [4.78, 5) is 39.3. The Balaban J connectivity index is 1.82. The first-order chi connectivity index (χ1) is 16.0. The molecule has 1 heterocycles. The number of rotatable bonds is 6. The van der Waals surface area contributed by atoms with Gasteiger partial charge in [0.1, 0.15) is 11.3 Å². The van der Waals surface area contributed by atoms with Gasteiger partial charge in [0.05, 0.1) is 25.4 Å². The number of carbonyl (C=O) groups excluding carboxylic acids is 3. The van der Waals surface area contributed by atoms with Crippen molar-refractivity contribution in [3.63, 3.8) is 0 Å². The van der Waals surface area contributed by atoms with Gasteiger partial charge >= 0.3 is 11.9 Å². The monoisotopic (exact) mass is 439 g/mol. The van der Waals surface area contributed by atoms with Crippen LogP contribution in [0, 0.1) is 0 Å². The number of hydrogen-bond acceptors (Lipinski definition) is 5. The van der Waals surface area contributed by atoms with Crippen molar-refractivity contribution in [2.45, 2.75) is 0 Å². The summed E-state index contributed by atoms with van der Waals surface area (Å²) in [6.07, 6.45) is 1.35. The van der Waals surface area contributed by atoms with Crippen LogP contribution < -0.4 is 4.74 Å². The van der Waals surface area contributed by atoms with E-state index in [1.54, 1.807) is 43.5 Å². The zero-order valence-electron chi connectivity index (χ0n) is 18.1. The van der Waals surface area contributed by atoms with Gasteiger partial charge in [-0.3, -0.25) is 14.2 Å². The van der Waals surface area contributed by atoms with E-state index < -0.39 is 17.7 Å². The fraction of sp³-hybridized carbons (Fsp3) is 0.0741. The third-order valence-electron chi connectivity index (χ3n) is 5.25. The Morgan fingerprint density at radius 3 is 2.15 bits per heavy atom. The van der Waals surface area contributed by atoms with Crippen LogP contribution in [0.1, 0.15) is 10.4 Å². The van der Waals surface area contributed by atoms with Crippen molar-refractivity contribution in [2.75, 3.05) is 14.2 Å². The van der Waals surface area contributed by atoms with Gasteiger partial charge in [0, 0.05) is 5.39 Å². The number of carbonyl (C=O) groups is 3. The summed E-state index contributed by atoms with van der Waals surface area (Å²) in [6, 6.07) is 25.2. The fourth-order valence-corrected chi connectivity index (χ4v) is 3.61. The second kappa shape index (κ2) is 9.36. The Labute approximate surface area is 190 Å². The minimum absolute atomic E-state index is 0.357. The number of nitrogens with zero attached hydrogens (tertiary/aromatic N) is 1. The zero-order valence-corrected chi connectivity index (χ0v) is 18.1. The van der Waals surface area contributed by atoms with Crippen molar-refractivity contribution in [2.24, 2.45) is 0 Å². The molecule has 0 radical (unpaired) electrons. The molecule has 0 spiro atoms. The van der Waals surface area contributed by atoms with Gasteiger partial charge in [-0.15, -0.1) is 0 Å². The molecule has 0 unspecified atom stereocenters. The van der Waals surface area contributed by atoms with Gasteiger partial charge in [0.2, 0.25) is 0 Å². The minimum Gasteiger partial charge on any atom is -0.497 e. The van der Waals surface area contributed by atoms with Crippen LogP contribution in [-0.4, -0.2) is 36.4 Å². The standard InChI is InChI=1S/C27H21NO5/c1-32-21-14-12-18(13-15-21)16-22(27(31)33-2)25(29)26(30)28-23-11-7-6-10-20(23)17-24(28)19-8-4-3-5-9-19/h3-17H,1-2H3/b22-16-. The summed E-state index contributed by atoms with van der Waals surface area (Å²) in [5.41, 5.74) is 2.10. The zero-order chi connectivity index (χ0) is 23.4. The third-order valence-corrected chi connectivity index (χ3v) is 5.25. The van der Waals surface area contributed by atoms with E-state index in [1.807, 2.05) is 48.5 Å². The highest BCUT2D eigenvalue weighted by molar-refractivity contribution is 6.51. The molecule has 0 saturated heterocycles. The fourth-order valence-electron chi connectivity index (χ4n) is 3.61. The van der Waals surface area contributed by atoms with Gasteiger partial charge in [-0.1, -0.05) is 60.7 Å². The maximum atomic E-state index is 13.5. The molecule has 0 aliphatic heterocycles. The molecule has 0 aliphatic rings. The van der Waals surface area contributed by atoms with Crippen LogP contribution in [0.15, 0.2) is 90.5 Å². The second-order valence-electron chi connectivity index (χ2n) is 7.25. The van der Waals surface area contributed by atoms with E-state index in [0.29, 0.717) is 22.5 Å². The first-order valence-corrected chi connectivity index (χ1v) is 10.2. The van der Waals surface area contributed by atoms with Gasteiger partial charge in [-0.2, -0.15) is 0 Å². The lowest BCUT2D eigenvalue weighted by Crippen LogP contribution is -2.27. The summed E-state index contributed by atoms with van der Waals surface area (Å²) in [7, 11) is 2.71. The lowest BCUT2D eigenvalue weighted by Gasteiger charge is -2.10. The second-order valence-corrected chi connectivity index (χ2v) is 7.25. The molecule has 0 aliphatic carbocycles. The lowest BCUT2D eigenvalue weighted by molar-refractivity contribution is -0.137. The number of hydrogen-bond donors (Lipinski definition) is 0. The minimum atomic E-state index is -0.962. The van der Waals surface area contributed by atoms with Crippen LogP contribution in [0.4, 0.5) is 0 Å². The molecule has 0 amide bonds. The summed E-state index contributed by atoms with van der Waals surface area (Å²) in [5.74, 6) is -2.07. The maximum Gasteiger partial charge on any atom is 0.342 e. The maximum absolute atomic E-state index is 13.5. The normalized spacial score (nSPS) is 11.3. The Morgan fingerprint density at radius 2 is 1.48 bits per heavy atom. The van der Waals surface area contributed by atoms with Crippen LogP contribution in [-0.2, 0) is 14.3 Å². The van der Waals surface area contributed by atoms with Crippen molar-refractivity contribution < 1.29 is 23.9 Å². The lowest BCUT2D eigenvalue weighted by atomic mass is 10.1. The summed E-state index contributed by atoms with van der Waals surface area (Å²) in [6.45, 7) is 0. The Bertz CT molecular complexity index is 1360. The highest BCUT2D eigenvalue weighted by Gasteiger charge is 2.29. The molecule has 6 heteroatoms. The predicted octanol–water partition coefficient (Wildman–Crippen LogP) is 4.78. The number of benzene rings is 3. The topological polar surface area (TPSA) is 74.6 Å². The Hall–Kier alpha value is -4.45. The average Bonchev–Trinajstić information content (AvgIpc) is 3.26. The van der Waals surface area contributed by atoms with Gasteiger partial charge in [-0.05, 0) is 41.5 Å². The largest absolute Gasteiger partial charge is 0.497 e. The smallest absolute Gasteiger partial charge is 0.342 e. The van der Waals surface area contributed by atoms with E-state index in [9.17, 15) is 14.4 Å². The molecule has 164 valence electrons. The van der Waals surface area contributed by atoms with Gasteiger partial charge < -0.3 is 9.47 Å². The molecular weight excluding hydrogens is 418 g/mol. The molecule has 4 rings (SSSR count). The molecule has 3 aromatic carbocycles. The number of esters is 1. The van der Waals surface area contributed by atoms with E-state index >= 15 is 0 Å². The summed E-state index contributed by atoms with van der Waals surface area (Å²) in [5, 5.41) is 0.802. The number of ketones is 1. The number of para-hydroxylation sites is 1. The molecule has 0 N–H and O–H groups in total. The van der Waals surface area contributed by atoms with E-state index in [0.717, 1.165) is 10.9 Å².